The first-order valence-corrected chi connectivity index (χ1v) is 7.57. The lowest BCUT2D eigenvalue weighted by molar-refractivity contribution is 0.0668. The van der Waals surface area contributed by atoms with Crippen LogP contribution in [-0.2, 0) is 17.8 Å². The van der Waals surface area contributed by atoms with E-state index in [1.807, 2.05) is 18.4 Å². The van der Waals surface area contributed by atoms with Crippen LogP contribution in [0.3, 0.4) is 0 Å². The normalized spacial score (nSPS) is 22.1. The Kier molecular flexibility index (Phi) is 5.18. The van der Waals surface area contributed by atoms with Crippen LogP contribution in [0.1, 0.15) is 28.7 Å². The highest BCUT2D eigenvalue weighted by Gasteiger charge is 2.16. The molecule has 0 amide bonds. The Balaban J connectivity index is 1.99. The molecule has 0 aliphatic carbocycles. The molecule has 0 saturated carbocycles. The highest BCUT2D eigenvalue weighted by molar-refractivity contribution is 7.12. The van der Waals surface area contributed by atoms with Crippen LogP contribution in [0.15, 0.2) is 6.07 Å². The van der Waals surface area contributed by atoms with Crippen LogP contribution in [-0.4, -0.2) is 37.7 Å². The van der Waals surface area contributed by atoms with Crippen molar-refractivity contribution in [2.45, 2.75) is 39.5 Å². The summed E-state index contributed by atoms with van der Waals surface area (Å²) in [5.74, 6) is 0. The molecule has 1 aromatic rings. The Morgan fingerprint density at radius 2 is 2.39 bits per heavy atom. The Morgan fingerprint density at radius 3 is 3.17 bits per heavy atom. The summed E-state index contributed by atoms with van der Waals surface area (Å²) in [5, 5.41) is 3.22. The van der Waals surface area contributed by atoms with Gasteiger partial charge < -0.3 is 10.1 Å². The Morgan fingerprint density at radius 1 is 1.56 bits per heavy atom. The summed E-state index contributed by atoms with van der Waals surface area (Å²) in [5.41, 5.74) is 1.49. The molecule has 18 heavy (non-hydrogen) atoms. The van der Waals surface area contributed by atoms with Crippen LogP contribution in [0.5, 0.6) is 0 Å². The molecule has 1 aromatic heterocycles. The van der Waals surface area contributed by atoms with Gasteiger partial charge in [0.15, 0.2) is 0 Å². The molecule has 4 heteroatoms. The van der Waals surface area contributed by atoms with Gasteiger partial charge >= 0.3 is 0 Å². The van der Waals surface area contributed by atoms with Gasteiger partial charge in [-0.25, -0.2) is 0 Å². The minimum atomic E-state index is 0.364. The molecule has 1 unspecified atom stereocenters. The third-order valence-corrected chi connectivity index (χ3v) is 4.45. The summed E-state index contributed by atoms with van der Waals surface area (Å²) in [6.07, 6.45) is 1.51. The van der Waals surface area contributed by atoms with E-state index in [4.69, 9.17) is 4.74 Å². The lowest BCUT2D eigenvalue weighted by atomic mass is 10.2. The number of nitrogens with zero attached hydrogens (tertiary/aromatic N) is 1. The first kappa shape index (κ1) is 14.0. The molecule has 1 atom stereocenters. The van der Waals surface area contributed by atoms with E-state index < -0.39 is 0 Å². The van der Waals surface area contributed by atoms with Crippen molar-refractivity contribution in [3.05, 3.63) is 21.4 Å². The van der Waals surface area contributed by atoms with Crippen molar-refractivity contribution < 1.29 is 4.74 Å². The number of rotatable bonds is 4. The minimum absolute atomic E-state index is 0.364. The number of ether oxygens (including phenoxy) is 1. The van der Waals surface area contributed by atoms with Gasteiger partial charge in [-0.1, -0.05) is 0 Å². The van der Waals surface area contributed by atoms with E-state index in [2.05, 4.69) is 30.1 Å². The SMILES string of the molecule is CNCc1cc(CN2CCCOC(C)C2)c(C)s1. The molecule has 1 saturated heterocycles. The van der Waals surface area contributed by atoms with Crippen molar-refractivity contribution in [2.75, 3.05) is 26.7 Å². The highest BCUT2D eigenvalue weighted by Crippen LogP contribution is 2.23. The molecule has 0 aromatic carbocycles. The average Bonchev–Trinajstić information content (AvgIpc) is 2.54. The van der Waals surface area contributed by atoms with Crippen molar-refractivity contribution in [3.63, 3.8) is 0 Å². The average molecular weight is 268 g/mol. The van der Waals surface area contributed by atoms with Crippen LogP contribution in [0, 0.1) is 6.92 Å². The monoisotopic (exact) mass is 268 g/mol. The predicted molar refractivity (Wildman–Crippen MR) is 77.1 cm³/mol. The fourth-order valence-corrected chi connectivity index (χ4v) is 3.54. The second-order valence-corrected chi connectivity index (χ2v) is 6.44. The zero-order valence-electron chi connectivity index (χ0n) is 11.7. The standard InChI is InChI=1S/C14H24N2OS/c1-11-9-16(5-4-6-17-11)10-13-7-14(8-15-3)18-12(13)2/h7,11,15H,4-6,8-10H2,1-3H3. The minimum Gasteiger partial charge on any atom is -0.377 e. The topological polar surface area (TPSA) is 24.5 Å². The van der Waals surface area contributed by atoms with Gasteiger partial charge in [-0.2, -0.15) is 0 Å². The van der Waals surface area contributed by atoms with E-state index in [-0.39, 0.29) is 0 Å². The molecule has 1 aliphatic heterocycles. The van der Waals surface area contributed by atoms with Crippen molar-refractivity contribution in [2.24, 2.45) is 0 Å². The summed E-state index contributed by atoms with van der Waals surface area (Å²) in [6, 6.07) is 2.35. The fraction of sp³-hybridized carbons (Fsp3) is 0.714. The number of aryl methyl sites for hydroxylation is 1. The zero-order chi connectivity index (χ0) is 13.0. The number of thiophene rings is 1. The molecule has 3 nitrogen and oxygen atoms in total. The van der Waals surface area contributed by atoms with E-state index in [9.17, 15) is 0 Å². The van der Waals surface area contributed by atoms with Crippen molar-refractivity contribution in [1.29, 1.82) is 0 Å². The van der Waals surface area contributed by atoms with Crippen LogP contribution in [0.4, 0.5) is 0 Å². The van der Waals surface area contributed by atoms with E-state index in [0.29, 0.717) is 6.10 Å². The first-order chi connectivity index (χ1) is 8.69. The van der Waals surface area contributed by atoms with E-state index in [0.717, 1.165) is 39.2 Å². The van der Waals surface area contributed by atoms with Gasteiger partial charge in [0.25, 0.3) is 0 Å². The van der Waals surface area contributed by atoms with E-state index in [1.165, 1.54) is 15.3 Å². The quantitative estimate of drug-likeness (QED) is 0.907. The third-order valence-electron chi connectivity index (χ3n) is 3.35. The van der Waals surface area contributed by atoms with E-state index in [1.54, 1.807) is 0 Å². The van der Waals surface area contributed by atoms with Gasteiger partial charge in [-0.15, -0.1) is 11.3 Å². The second-order valence-electron chi connectivity index (χ2n) is 5.09. The summed E-state index contributed by atoms with van der Waals surface area (Å²) in [7, 11) is 2.00. The molecule has 102 valence electrons. The highest BCUT2D eigenvalue weighted by atomic mass is 32.1. The molecule has 2 rings (SSSR count). The van der Waals surface area contributed by atoms with Gasteiger partial charge in [0.1, 0.15) is 0 Å². The molecule has 1 aliphatic rings. The Labute approximate surface area is 114 Å². The Hall–Kier alpha value is -0.420. The summed E-state index contributed by atoms with van der Waals surface area (Å²) in [4.78, 5) is 5.41. The molecular formula is C14H24N2OS. The van der Waals surface area contributed by atoms with E-state index >= 15 is 0 Å². The van der Waals surface area contributed by atoms with Gasteiger partial charge in [-0.05, 0) is 38.9 Å². The molecule has 0 spiro atoms. The first-order valence-electron chi connectivity index (χ1n) is 6.75. The molecule has 1 fully saturated rings. The number of hydrogen-bond acceptors (Lipinski definition) is 4. The van der Waals surface area contributed by atoms with Crippen LogP contribution < -0.4 is 5.32 Å². The molecule has 1 N–H and O–H groups in total. The third kappa shape index (κ3) is 3.79. The largest absolute Gasteiger partial charge is 0.377 e. The molecule has 0 bridgehead atoms. The zero-order valence-corrected chi connectivity index (χ0v) is 12.5. The lowest BCUT2D eigenvalue weighted by Crippen LogP contribution is -2.29. The predicted octanol–water partition coefficient (Wildman–Crippen LogP) is 2.39. The summed E-state index contributed by atoms with van der Waals surface area (Å²) < 4.78 is 5.70. The van der Waals surface area contributed by atoms with Gasteiger partial charge in [-0.3, -0.25) is 4.90 Å². The van der Waals surface area contributed by atoms with Crippen molar-refractivity contribution >= 4 is 11.3 Å². The second kappa shape index (κ2) is 6.66. The van der Waals surface area contributed by atoms with Crippen LogP contribution in [0.25, 0.3) is 0 Å². The lowest BCUT2D eigenvalue weighted by Gasteiger charge is -2.21. The smallest absolute Gasteiger partial charge is 0.0674 e. The summed E-state index contributed by atoms with van der Waals surface area (Å²) in [6.45, 7) is 9.57. The van der Waals surface area contributed by atoms with Gasteiger partial charge in [0.05, 0.1) is 6.10 Å². The fourth-order valence-electron chi connectivity index (χ4n) is 2.47. The Bertz CT molecular complexity index is 378. The van der Waals surface area contributed by atoms with Crippen LogP contribution >= 0.6 is 11.3 Å². The molecular weight excluding hydrogens is 244 g/mol. The maximum absolute atomic E-state index is 5.70. The maximum Gasteiger partial charge on any atom is 0.0674 e. The van der Waals surface area contributed by atoms with Crippen molar-refractivity contribution in [3.8, 4) is 0 Å². The molecule has 2 heterocycles. The number of nitrogens with one attached hydrogen (secondary N) is 1. The molecule has 0 radical (unpaired) electrons. The maximum atomic E-state index is 5.70. The van der Waals surface area contributed by atoms with Crippen molar-refractivity contribution in [1.82, 2.24) is 10.2 Å². The van der Waals surface area contributed by atoms with Crippen LogP contribution in [0.2, 0.25) is 0 Å². The number of hydrogen-bond donors (Lipinski definition) is 1. The summed E-state index contributed by atoms with van der Waals surface area (Å²) >= 11 is 1.91. The van der Waals surface area contributed by atoms with Gasteiger partial charge in [0, 0.05) is 42.5 Å². The van der Waals surface area contributed by atoms with Gasteiger partial charge in [0.2, 0.25) is 0 Å².